The molecule has 5 nitrogen and oxygen atoms in total. The number of likely N-dealkylation sites (tertiary alicyclic amines) is 1. The zero-order valence-corrected chi connectivity index (χ0v) is 12.4. The second kappa shape index (κ2) is 5.58. The lowest BCUT2D eigenvalue weighted by molar-refractivity contribution is -0.150. The summed E-state index contributed by atoms with van der Waals surface area (Å²) in [4.78, 5) is 28.9. The molecule has 20 heavy (non-hydrogen) atoms. The number of carboxylic acids is 1. The number of carbonyl (C=O) groups is 2. The molecule has 0 radical (unpaired) electrons. The van der Waals surface area contributed by atoms with Crippen LogP contribution in [0.4, 0.5) is 0 Å². The minimum absolute atomic E-state index is 0.0640. The second-order valence-corrected chi connectivity index (χ2v) is 5.88. The summed E-state index contributed by atoms with van der Waals surface area (Å²) in [5.41, 5.74) is -0.478. The quantitative estimate of drug-likeness (QED) is 0.852. The van der Waals surface area contributed by atoms with E-state index in [2.05, 4.69) is 4.98 Å². The van der Waals surface area contributed by atoms with E-state index in [4.69, 9.17) is 28.3 Å². The van der Waals surface area contributed by atoms with Crippen molar-refractivity contribution in [2.24, 2.45) is 5.41 Å². The lowest BCUT2D eigenvalue weighted by atomic mass is 9.80. The topological polar surface area (TPSA) is 70.5 Å². The van der Waals surface area contributed by atoms with Gasteiger partial charge in [-0.2, -0.15) is 0 Å². The highest BCUT2D eigenvalue weighted by atomic mass is 35.5. The number of carboxylic acid groups (broad SMARTS) is 1. The number of aromatic nitrogens is 1. The third-order valence-corrected chi connectivity index (χ3v) is 4.21. The Balaban J connectivity index is 2.11. The molecule has 0 saturated carbocycles. The SMILES string of the molecule is CC1(C(=O)O)CCN(C(=O)c2ccc(Cl)nc2Cl)CC1. The molecule has 2 rings (SSSR count). The van der Waals surface area contributed by atoms with Crippen molar-refractivity contribution in [1.82, 2.24) is 9.88 Å². The second-order valence-electron chi connectivity index (χ2n) is 5.13. The van der Waals surface area contributed by atoms with Crippen LogP contribution in [0.25, 0.3) is 0 Å². The van der Waals surface area contributed by atoms with Crippen molar-refractivity contribution in [2.45, 2.75) is 19.8 Å². The molecule has 1 amide bonds. The molecule has 0 spiro atoms. The number of halogens is 2. The number of piperidine rings is 1. The van der Waals surface area contributed by atoms with E-state index in [0.29, 0.717) is 25.9 Å². The van der Waals surface area contributed by atoms with E-state index < -0.39 is 11.4 Å². The third kappa shape index (κ3) is 2.88. The Morgan fingerprint density at radius 3 is 2.40 bits per heavy atom. The predicted molar refractivity (Wildman–Crippen MR) is 75.1 cm³/mol. The van der Waals surface area contributed by atoms with E-state index in [1.165, 1.54) is 12.1 Å². The normalized spacial score (nSPS) is 17.9. The Morgan fingerprint density at radius 1 is 1.30 bits per heavy atom. The first-order chi connectivity index (χ1) is 9.33. The average Bonchev–Trinajstić information content (AvgIpc) is 2.38. The van der Waals surface area contributed by atoms with Crippen LogP contribution in [-0.4, -0.2) is 40.0 Å². The molecule has 1 saturated heterocycles. The van der Waals surface area contributed by atoms with Gasteiger partial charge in [0.2, 0.25) is 0 Å². The smallest absolute Gasteiger partial charge is 0.309 e. The summed E-state index contributed by atoms with van der Waals surface area (Å²) in [5, 5.41) is 9.45. The van der Waals surface area contributed by atoms with Crippen LogP contribution in [0.1, 0.15) is 30.1 Å². The summed E-state index contributed by atoms with van der Waals surface area (Å²) >= 11 is 11.6. The van der Waals surface area contributed by atoms with Crippen molar-refractivity contribution in [1.29, 1.82) is 0 Å². The fraction of sp³-hybridized carbons (Fsp3) is 0.462. The molecule has 1 N–H and O–H groups in total. The highest BCUT2D eigenvalue weighted by Crippen LogP contribution is 2.32. The molecule has 0 unspecified atom stereocenters. The minimum atomic E-state index is -0.823. The summed E-state index contributed by atoms with van der Waals surface area (Å²) in [7, 11) is 0. The fourth-order valence-corrected chi connectivity index (χ4v) is 2.58. The lowest BCUT2D eigenvalue weighted by Gasteiger charge is -2.36. The first kappa shape index (κ1) is 15.1. The number of rotatable bonds is 2. The van der Waals surface area contributed by atoms with Crippen LogP contribution < -0.4 is 0 Å². The molecule has 1 aromatic heterocycles. The Bertz CT molecular complexity index is 555. The summed E-state index contributed by atoms with van der Waals surface area (Å²) in [5.74, 6) is -1.07. The molecule has 1 fully saturated rings. The first-order valence-corrected chi connectivity index (χ1v) is 6.94. The molecule has 0 atom stereocenters. The predicted octanol–water partition coefficient (Wildman–Crippen LogP) is 2.72. The molecule has 108 valence electrons. The van der Waals surface area contributed by atoms with Gasteiger partial charge in [-0.15, -0.1) is 0 Å². The van der Waals surface area contributed by atoms with Gasteiger partial charge in [0.25, 0.3) is 5.91 Å². The average molecular weight is 317 g/mol. The van der Waals surface area contributed by atoms with Gasteiger partial charge >= 0.3 is 5.97 Å². The van der Waals surface area contributed by atoms with Crippen LogP contribution in [0, 0.1) is 5.41 Å². The largest absolute Gasteiger partial charge is 0.481 e. The highest BCUT2D eigenvalue weighted by molar-refractivity contribution is 6.34. The monoisotopic (exact) mass is 316 g/mol. The zero-order chi connectivity index (χ0) is 14.9. The van der Waals surface area contributed by atoms with Crippen molar-refractivity contribution in [3.63, 3.8) is 0 Å². The first-order valence-electron chi connectivity index (χ1n) is 6.18. The van der Waals surface area contributed by atoms with Crippen LogP contribution in [0.2, 0.25) is 10.3 Å². The van der Waals surface area contributed by atoms with E-state index in [1.807, 2.05) is 0 Å². The van der Waals surface area contributed by atoms with E-state index in [9.17, 15) is 9.59 Å². The summed E-state index contributed by atoms with van der Waals surface area (Å²) in [6.45, 7) is 2.48. The maximum absolute atomic E-state index is 12.3. The van der Waals surface area contributed by atoms with Gasteiger partial charge in [-0.1, -0.05) is 23.2 Å². The molecular formula is C13H14Cl2N2O3. The number of carbonyl (C=O) groups excluding carboxylic acids is 1. The van der Waals surface area contributed by atoms with Crippen LogP contribution in [0.5, 0.6) is 0 Å². The van der Waals surface area contributed by atoms with Crippen molar-refractivity contribution < 1.29 is 14.7 Å². The van der Waals surface area contributed by atoms with Gasteiger partial charge in [0.1, 0.15) is 10.3 Å². The van der Waals surface area contributed by atoms with Gasteiger partial charge in [-0.05, 0) is 31.9 Å². The van der Waals surface area contributed by atoms with Crippen LogP contribution in [0.3, 0.4) is 0 Å². The van der Waals surface area contributed by atoms with Gasteiger partial charge in [0.15, 0.2) is 0 Å². The van der Waals surface area contributed by atoms with E-state index in [-0.39, 0.29) is 21.8 Å². The summed E-state index contributed by atoms with van der Waals surface area (Å²) in [6, 6.07) is 3.04. The van der Waals surface area contributed by atoms with E-state index in [0.717, 1.165) is 0 Å². The molecule has 7 heteroatoms. The fourth-order valence-electron chi connectivity index (χ4n) is 2.16. The maximum Gasteiger partial charge on any atom is 0.309 e. The molecule has 1 aliphatic rings. The summed E-state index contributed by atoms with van der Waals surface area (Å²) in [6.07, 6.45) is 0.847. The van der Waals surface area contributed by atoms with E-state index in [1.54, 1.807) is 11.8 Å². The van der Waals surface area contributed by atoms with Crippen molar-refractivity contribution in [2.75, 3.05) is 13.1 Å². The van der Waals surface area contributed by atoms with Gasteiger partial charge in [0, 0.05) is 13.1 Å². The Labute approximate surface area is 126 Å². The molecule has 0 aromatic carbocycles. The standard InChI is InChI=1S/C13H14Cl2N2O3/c1-13(12(19)20)4-6-17(7-5-13)11(18)8-2-3-9(14)16-10(8)15/h2-3H,4-7H2,1H3,(H,19,20). The Hall–Kier alpha value is -1.33. The number of pyridine rings is 1. The van der Waals surface area contributed by atoms with Gasteiger partial charge in [-0.25, -0.2) is 4.98 Å². The van der Waals surface area contributed by atoms with Crippen molar-refractivity contribution >= 4 is 35.1 Å². The van der Waals surface area contributed by atoms with Crippen LogP contribution >= 0.6 is 23.2 Å². The Morgan fingerprint density at radius 2 is 1.90 bits per heavy atom. The third-order valence-electron chi connectivity index (χ3n) is 3.72. The van der Waals surface area contributed by atoms with Crippen molar-refractivity contribution in [3.05, 3.63) is 28.0 Å². The van der Waals surface area contributed by atoms with Gasteiger partial charge in [-0.3, -0.25) is 9.59 Å². The highest BCUT2D eigenvalue weighted by Gasteiger charge is 2.38. The maximum atomic E-state index is 12.3. The number of amides is 1. The molecule has 0 aliphatic carbocycles. The number of hydrogen-bond donors (Lipinski definition) is 1. The number of nitrogens with zero attached hydrogens (tertiary/aromatic N) is 2. The molecular weight excluding hydrogens is 303 g/mol. The van der Waals surface area contributed by atoms with Crippen LogP contribution in [0.15, 0.2) is 12.1 Å². The van der Waals surface area contributed by atoms with Crippen LogP contribution in [-0.2, 0) is 4.79 Å². The molecule has 2 heterocycles. The molecule has 0 bridgehead atoms. The van der Waals surface area contributed by atoms with Gasteiger partial charge in [0.05, 0.1) is 11.0 Å². The lowest BCUT2D eigenvalue weighted by Crippen LogP contribution is -2.45. The molecule has 1 aromatic rings. The van der Waals surface area contributed by atoms with Gasteiger partial charge < -0.3 is 10.0 Å². The van der Waals surface area contributed by atoms with Crippen molar-refractivity contribution in [3.8, 4) is 0 Å². The van der Waals surface area contributed by atoms with E-state index >= 15 is 0 Å². The zero-order valence-electron chi connectivity index (χ0n) is 10.9. The molecule has 1 aliphatic heterocycles. The Kier molecular flexibility index (Phi) is 4.20. The number of hydrogen-bond acceptors (Lipinski definition) is 3. The summed E-state index contributed by atoms with van der Waals surface area (Å²) < 4.78 is 0. The number of aliphatic carboxylic acids is 1. The minimum Gasteiger partial charge on any atom is -0.481 e.